The van der Waals surface area contributed by atoms with Gasteiger partial charge in [0, 0.05) is 23.8 Å². The minimum atomic E-state index is -0.871. The number of thioether (sulfide) groups is 1. The maximum absolute atomic E-state index is 11.2. The van der Waals surface area contributed by atoms with Gasteiger partial charge in [-0.05, 0) is 11.6 Å². The molecule has 0 unspecified atom stereocenters. The van der Waals surface area contributed by atoms with Crippen LogP contribution in [0, 0.1) is 10.1 Å². The molecule has 0 N–H and O–H groups in total. The van der Waals surface area contributed by atoms with Crippen LogP contribution in [0.25, 0.3) is 0 Å². The fraction of sp³-hybridized carbons (Fsp3) is 0.364. The first kappa shape index (κ1) is 14.0. The molecule has 0 aromatic heterocycles. The Kier molecular flexibility index (Phi) is 4.96. The fourth-order valence-electron chi connectivity index (χ4n) is 1.42. The number of hydrogen-bond donors (Lipinski definition) is 0. The van der Waals surface area contributed by atoms with Crippen LogP contribution < -0.4 is 0 Å². The highest BCUT2D eigenvalue weighted by Crippen LogP contribution is 2.37. The molecule has 2 atom stereocenters. The molecule has 0 amide bonds. The van der Waals surface area contributed by atoms with E-state index < -0.39 is 16.2 Å². The summed E-state index contributed by atoms with van der Waals surface area (Å²) in [6.07, 6.45) is 0. The molecule has 0 radical (unpaired) electrons. The zero-order valence-corrected chi connectivity index (χ0v) is 11.0. The lowest BCUT2D eigenvalue weighted by Crippen LogP contribution is -2.23. The molecule has 0 saturated heterocycles. The van der Waals surface area contributed by atoms with Gasteiger partial charge in [0.1, 0.15) is 5.25 Å². The number of halogens is 1. The van der Waals surface area contributed by atoms with Gasteiger partial charge in [0.05, 0.1) is 0 Å². The van der Waals surface area contributed by atoms with Crippen molar-refractivity contribution in [3.05, 3.63) is 45.0 Å². The maximum Gasteiger partial charge on any atom is 0.226 e. The number of carbonyl (C=O) groups is 1. The monoisotopic (exact) mass is 273 g/mol. The summed E-state index contributed by atoms with van der Waals surface area (Å²) < 4.78 is 0. The molecule has 0 spiro atoms. The number of hydrogen-bond acceptors (Lipinski definition) is 4. The standard InChI is InChI=1S/C11H12ClNO3S/c1-7(13(15)16)11(17-8(2)14)9-5-3-4-6-10(9)12/h3-7,11H,1-2H3/t7-,11-/m1/s1. The van der Waals surface area contributed by atoms with Crippen LogP contribution in [-0.2, 0) is 4.79 Å². The van der Waals surface area contributed by atoms with Crippen molar-refractivity contribution >= 4 is 28.5 Å². The number of benzene rings is 1. The SMILES string of the molecule is CC(=O)S[C@@H](c1ccccc1Cl)[C@@H](C)[N+](=O)[O-]. The molecule has 0 aliphatic rings. The molecule has 6 heteroatoms. The highest BCUT2D eigenvalue weighted by molar-refractivity contribution is 8.13. The third-order valence-corrected chi connectivity index (χ3v) is 3.85. The third kappa shape index (κ3) is 3.71. The van der Waals surface area contributed by atoms with Crippen molar-refractivity contribution in [2.75, 3.05) is 0 Å². The van der Waals surface area contributed by atoms with E-state index >= 15 is 0 Å². The molecule has 1 aromatic rings. The zero-order valence-electron chi connectivity index (χ0n) is 9.42. The van der Waals surface area contributed by atoms with E-state index in [1.807, 2.05) is 0 Å². The summed E-state index contributed by atoms with van der Waals surface area (Å²) in [7, 11) is 0. The predicted octanol–water partition coefficient (Wildman–Crippen LogP) is 3.33. The number of nitrogens with zero attached hydrogens (tertiary/aromatic N) is 1. The Hall–Kier alpha value is -1.07. The molecular formula is C11H12ClNO3S. The van der Waals surface area contributed by atoms with E-state index in [0.717, 1.165) is 11.8 Å². The van der Waals surface area contributed by atoms with Crippen molar-refractivity contribution in [3.8, 4) is 0 Å². The van der Waals surface area contributed by atoms with Crippen LogP contribution in [0.2, 0.25) is 5.02 Å². The van der Waals surface area contributed by atoms with E-state index in [9.17, 15) is 14.9 Å². The van der Waals surface area contributed by atoms with Crippen molar-refractivity contribution in [3.63, 3.8) is 0 Å². The summed E-state index contributed by atoms with van der Waals surface area (Å²) in [4.78, 5) is 21.6. The number of nitro groups is 1. The summed E-state index contributed by atoms with van der Waals surface area (Å²) in [6.45, 7) is 2.87. The zero-order chi connectivity index (χ0) is 13.0. The van der Waals surface area contributed by atoms with Gasteiger partial charge in [0.25, 0.3) is 0 Å². The first-order valence-electron chi connectivity index (χ1n) is 4.98. The molecule has 0 bridgehead atoms. The Labute approximate surface area is 108 Å². The Balaban J connectivity index is 3.10. The summed E-state index contributed by atoms with van der Waals surface area (Å²) in [6, 6.07) is 6.00. The fourth-order valence-corrected chi connectivity index (χ4v) is 2.72. The molecule has 0 aliphatic carbocycles. The molecular weight excluding hydrogens is 262 g/mol. The van der Waals surface area contributed by atoms with E-state index in [1.54, 1.807) is 24.3 Å². The summed E-state index contributed by atoms with van der Waals surface area (Å²) >= 11 is 6.94. The highest BCUT2D eigenvalue weighted by atomic mass is 35.5. The smallest absolute Gasteiger partial charge is 0.226 e. The number of carbonyl (C=O) groups excluding carboxylic acids is 1. The molecule has 1 aromatic carbocycles. The molecule has 0 aliphatic heterocycles. The minimum Gasteiger partial charge on any atom is -0.288 e. The molecule has 1 rings (SSSR count). The Morgan fingerprint density at radius 3 is 2.53 bits per heavy atom. The Morgan fingerprint density at radius 2 is 2.06 bits per heavy atom. The van der Waals surface area contributed by atoms with Gasteiger partial charge >= 0.3 is 0 Å². The highest BCUT2D eigenvalue weighted by Gasteiger charge is 2.31. The van der Waals surface area contributed by atoms with Gasteiger partial charge in [-0.2, -0.15) is 0 Å². The van der Waals surface area contributed by atoms with Crippen molar-refractivity contribution in [2.45, 2.75) is 25.1 Å². The van der Waals surface area contributed by atoms with E-state index in [1.165, 1.54) is 13.8 Å². The van der Waals surface area contributed by atoms with Gasteiger partial charge in [0.15, 0.2) is 5.12 Å². The van der Waals surface area contributed by atoms with Crippen molar-refractivity contribution in [1.29, 1.82) is 0 Å². The first-order chi connectivity index (χ1) is 7.93. The molecule has 0 heterocycles. The average molecular weight is 274 g/mol. The maximum atomic E-state index is 11.2. The van der Waals surface area contributed by atoms with Crippen molar-refractivity contribution < 1.29 is 9.72 Å². The normalized spacial score (nSPS) is 14.1. The van der Waals surface area contributed by atoms with Crippen molar-refractivity contribution in [2.24, 2.45) is 0 Å². The van der Waals surface area contributed by atoms with Gasteiger partial charge in [-0.25, -0.2) is 0 Å². The topological polar surface area (TPSA) is 60.2 Å². The van der Waals surface area contributed by atoms with E-state index in [4.69, 9.17) is 11.6 Å². The molecule has 17 heavy (non-hydrogen) atoms. The molecule has 0 saturated carbocycles. The largest absolute Gasteiger partial charge is 0.288 e. The summed E-state index contributed by atoms with van der Waals surface area (Å²) in [5.41, 5.74) is 0.624. The second-order valence-corrected chi connectivity index (χ2v) is 5.30. The van der Waals surface area contributed by atoms with Crippen LogP contribution in [0.5, 0.6) is 0 Å². The lowest BCUT2D eigenvalue weighted by atomic mass is 10.1. The van der Waals surface area contributed by atoms with Gasteiger partial charge in [0.2, 0.25) is 6.04 Å². The Bertz CT molecular complexity index is 438. The minimum absolute atomic E-state index is 0.163. The van der Waals surface area contributed by atoms with Crippen LogP contribution >= 0.6 is 23.4 Å². The molecule has 4 nitrogen and oxygen atoms in total. The number of rotatable bonds is 4. The summed E-state index contributed by atoms with van der Waals surface area (Å²) in [5.74, 6) is 0. The van der Waals surface area contributed by atoms with E-state index in [-0.39, 0.29) is 5.12 Å². The lowest BCUT2D eigenvalue weighted by Gasteiger charge is -2.17. The predicted molar refractivity (Wildman–Crippen MR) is 68.9 cm³/mol. The van der Waals surface area contributed by atoms with E-state index in [2.05, 4.69) is 0 Å². The van der Waals surface area contributed by atoms with Crippen LogP contribution in [0.1, 0.15) is 24.7 Å². The van der Waals surface area contributed by atoms with Gasteiger partial charge in [-0.3, -0.25) is 14.9 Å². The lowest BCUT2D eigenvalue weighted by molar-refractivity contribution is -0.518. The second kappa shape index (κ2) is 6.02. The molecule has 92 valence electrons. The van der Waals surface area contributed by atoms with Crippen LogP contribution in [0.3, 0.4) is 0 Å². The Morgan fingerprint density at radius 1 is 1.47 bits per heavy atom. The third-order valence-electron chi connectivity index (χ3n) is 2.28. The van der Waals surface area contributed by atoms with Gasteiger partial charge < -0.3 is 0 Å². The van der Waals surface area contributed by atoms with Crippen LogP contribution in [0.15, 0.2) is 24.3 Å². The van der Waals surface area contributed by atoms with Crippen LogP contribution in [-0.4, -0.2) is 16.1 Å². The quantitative estimate of drug-likeness (QED) is 0.624. The van der Waals surface area contributed by atoms with Crippen LogP contribution in [0.4, 0.5) is 0 Å². The van der Waals surface area contributed by atoms with Crippen molar-refractivity contribution in [1.82, 2.24) is 0 Å². The van der Waals surface area contributed by atoms with E-state index in [0.29, 0.717) is 10.6 Å². The first-order valence-corrected chi connectivity index (χ1v) is 6.24. The van der Waals surface area contributed by atoms with Gasteiger partial charge in [-0.1, -0.05) is 41.6 Å². The average Bonchev–Trinajstić information content (AvgIpc) is 2.25. The summed E-state index contributed by atoms with van der Waals surface area (Å²) in [5, 5.41) is 10.6. The van der Waals surface area contributed by atoms with Gasteiger partial charge in [-0.15, -0.1) is 0 Å². The molecule has 0 fully saturated rings. The second-order valence-electron chi connectivity index (χ2n) is 3.58.